The molecule has 0 saturated carbocycles. The molecule has 0 aliphatic carbocycles. The van der Waals surface area contributed by atoms with Gasteiger partial charge in [0.2, 0.25) is 5.91 Å². The van der Waals surface area contributed by atoms with Gasteiger partial charge in [-0.25, -0.2) is 0 Å². The van der Waals surface area contributed by atoms with E-state index in [0.717, 1.165) is 32.0 Å². The number of ether oxygens (including phenoxy) is 2. The van der Waals surface area contributed by atoms with Crippen molar-refractivity contribution in [2.45, 2.75) is 57.8 Å². The maximum absolute atomic E-state index is 14.4. The largest absolute Gasteiger partial charge is 0.492 e. The lowest BCUT2D eigenvalue weighted by molar-refractivity contribution is -0.137. The van der Waals surface area contributed by atoms with Crippen LogP contribution in [0.4, 0.5) is 30.2 Å². The monoisotopic (exact) mass is 616 g/mol. The minimum absolute atomic E-state index is 0.0720. The molecule has 2 aliphatic heterocycles. The topological polar surface area (TPSA) is 111 Å². The average molecular weight is 617 g/mol. The van der Waals surface area contributed by atoms with E-state index in [4.69, 9.17) is 9.47 Å². The number of nitrogens with one attached hydrogen (secondary N) is 4. The van der Waals surface area contributed by atoms with Crippen LogP contribution in [-0.2, 0) is 11.0 Å². The number of amides is 1. The Morgan fingerprint density at radius 3 is 2.66 bits per heavy atom. The van der Waals surface area contributed by atoms with Crippen LogP contribution in [0.5, 0.6) is 11.5 Å². The fourth-order valence-electron chi connectivity index (χ4n) is 5.67. The van der Waals surface area contributed by atoms with Gasteiger partial charge < -0.3 is 35.6 Å². The number of nitriles is 1. The summed E-state index contributed by atoms with van der Waals surface area (Å²) in [6.07, 6.45) is -1.60. The second-order valence-electron chi connectivity index (χ2n) is 11.8. The third kappa shape index (κ3) is 8.48. The smallest absolute Gasteiger partial charge is 0.418 e. The Labute approximate surface area is 257 Å². The Hall–Kier alpha value is -3.69. The van der Waals surface area contributed by atoms with Crippen molar-refractivity contribution in [2.24, 2.45) is 11.8 Å². The number of alkyl halides is 3. The van der Waals surface area contributed by atoms with E-state index in [1.807, 2.05) is 25.9 Å². The summed E-state index contributed by atoms with van der Waals surface area (Å²) in [5.74, 6) is 0.0370. The van der Waals surface area contributed by atoms with Crippen molar-refractivity contribution in [1.29, 1.82) is 5.26 Å². The van der Waals surface area contributed by atoms with Gasteiger partial charge in [0.1, 0.15) is 18.1 Å². The van der Waals surface area contributed by atoms with E-state index in [2.05, 4.69) is 34.3 Å². The molecule has 1 saturated heterocycles. The van der Waals surface area contributed by atoms with Crippen molar-refractivity contribution in [2.75, 3.05) is 62.9 Å². The molecule has 2 aromatic rings. The molecule has 0 aromatic heterocycles. The molecule has 2 aromatic carbocycles. The summed E-state index contributed by atoms with van der Waals surface area (Å²) in [7, 11) is 3.86. The predicted molar refractivity (Wildman–Crippen MR) is 165 cm³/mol. The van der Waals surface area contributed by atoms with Crippen LogP contribution in [0.25, 0.3) is 0 Å². The number of rotatable bonds is 12. The molecule has 4 rings (SSSR count). The standard InChI is InChI=1S/C32H43F3N6O3/c1-5-43-29-16-26-23(15-27(29)39-30(42)9-7-13-41(3)4)31(21(17-36)18-38-26)40-25-11-10-22(14-24(25)32(33,34)35)44-19-28-20(2)8-6-12-37-28/h10-11,14-16,20-21,28,31,37-38,40H,5-9,12-13,18-19H2,1-4H3,(H,39,42). The minimum Gasteiger partial charge on any atom is -0.492 e. The van der Waals surface area contributed by atoms with E-state index in [9.17, 15) is 23.2 Å². The number of hydrogen-bond donors (Lipinski definition) is 4. The van der Waals surface area contributed by atoms with Gasteiger partial charge in [0.25, 0.3) is 0 Å². The Bertz CT molecular complexity index is 1330. The first-order valence-corrected chi connectivity index (χ1v) is 15.2. The van der Waals surface area contributed by atoms with E-state index in [-0.39, 0.29) is 36.5 Å². The first kappa shape index (κ1) is 33.2. The molecule has 4 unspecified atom stereocenters. The number of nitrogens with zero attached hydrogens (tertiary/aromatic N) is 2. The molecule has 2 aliphatic rings. The van der Waals surface area contributed by atoms with Gasteiger partial charge in [-0.15, -0.1) is 0 Å². The molecular weight excluding hydrogens is 573 g/mol. The zero-order valence-electron chi connectivity index (χ0n) is 25.8. The second kappa shape index (κ2) is 14.9. The highest BCUT2D eigenvalue weighted by Gasteiger charge is 2.37. The van der Waals surface area contributed by atoms with Crippen molar-refractivity contribution in [3.63, 3.8) is 0 Å². The summed E-state index contributed by atoms with van der Waals surface area (Å²) in [4.78, 5) is 14.8. The number of carbonyl (C=O) groups excluding carboxylic acids is 1. The third-order valence-electron chi connectivity index (χ3n) is 8.12. The summed E-state index contributed by atoms with van der Waals surface area (Å²) >= 11 is 0. The fourth-order valence-corrected chi connectivity index (χ4v) is 5.67. The highest BCUT2D eigenvalue weighted by atomic mass is 19.4. The molecule has 12 heteroatoms. The minimum atomic E-state index is -4.67. The van der Waals surface area contributed by atoms with Crippen molar-refractivity contribution >= 4 is 23.0 Å². The summed E-state index contributed by atoms with van der Waals surface area (Å²) in [5.41, 5.74) is 0.538. The quantitative estimate of drug-likeness (QED) is 0.235. The molecular formula is C32H43F3N6O3. The first-order chi connectivity index (χ1) is 21.0. The van der Waals surface area contributed by atoms with Crippen LogP contribution in [0.1, 0.15) is 56.7 Å². The highest BCUT2D eigenvalue weighted by molar-refractivity contribution is 5.93. The number of piperidine rings is 1. The highest BCUT2D eigenvalue weighted by Crippen LogP contribution is 2.44. The van der Waals surface area contributed by atoms with Crippen LogP contribution in [-0.4, -0.2) is 63.8 Å². The molecule has 0 spiro atoms. The van der Waals surface area contributed by atoms with Crippen LogP contribution in [0.15, 0.2) is 30.3 Å². The fraction of sp³-hybridized carbons (Fsp3) is 0.562. The second-order valence-corrected chi connectivity index (χ2v) is 11.8. The van der Waals surface area contributed by atoms with Gasteiger partial charge in [0, 0.05) is 42.0 Å². The van der Waals surface area contributed by atoms with Gasteiger partial charge >= 0.3 is 6.18 Å². The van der Waals surface area contributed by atoms with Gasteiger partial charge in [-0.05, 0) is 83.6 Å². The molecule has 9 nitrogen and oxygen atoms in total. The van der Waals surface area contributed by atoms with Gasteiger partial charge in [-0.2, -0.15) is 18.4 Å². The van der Waals surface area contributed by atoms with E-state index >= 15 is 0 Å². The number of hydrogen-bond acceptors (Lipinski definition) is 8. The van der Waals surface area contributed by atoms with Crippen LogP contribution in [0, 0.1) is 23.2 Å². The average Bonchev–Trinajstić information content (AvgIpc) is 2.97. The third-order valence-corrected chi connectivity index (χ3v) is 8.12. The summed E-state index contributed by atoms with van der Waals surface area (Å²) < 4.78 is 54.7. The van der Waals surface area contributed by atoms with Gasteiger partial charge in [-0.1, -0.05) is 6.92 Å². The molecule has 1 fully saturated rings. The summed E-state index contributed by atoms with van der Waals surface area (Å²) in [6.45, 7) is 6.38. The van der Waals surface area contributed by atoms with E-state index < -0.39 is 23.7 Å². The number of halogens is 3. The summed E-state index contributed by atoms with van der Waals surface area (Å²) in [6, 6.07) is 8.79. The van der Waals surface area contributed by atoms with E-state index in [1.165, 1.54) is 12.1 Å². The summed E-state index contributed by atoms with van der Waals surface area (Å²) in [5, 5.41) is 22.5. The molecule has 1 amide bonds. The molecule has 0 bridgehead atoms. The van der Waals surface area contributed by atoms with E-state index in [0.29, 0.717) is 48.1 Å². The normalized spacial score (nSPS) is 21.5. The van der Waals surface area contributed by atoms with E-state index in [1.54, 1.807) is 12.1 Å². The maximum atomic E-state index is 14.4. The Kier molecular flexibility index (Phi) is 11.2. The Morgan fingerprint density at radius 1 is 1.18 bits per heavy atom. The molecule has 240 valence electrons. The maximum Gasteiger partial charge on any atom is 0.418 e. The Morgan fingerprint density at radius 2 is 1.98 bits per heavy atom. The number of carbonyl (C=O) groups is 1. The van der Waals surface area contributed by atoms with Crippen LogP contribution in [0.3, 0.4) is 0 Å². The van der Waals surface area contributed by atoms with Crippen molar-refractivity contribution in [3.8, 4) is 17.6 Å². The Balaban J connectivity index is 1.62. The molecule has 4 N–H and O–H groups in total. The van der Waals surface area contributed by atoms with Crippen LogP contribution < -0.4 is 30.7 Å². The molecule has 0 radical (unpaired) electrons. The lowest BCUT2D eigenvalue weighted by Crippen LogP contribution is -2.44. The SMILES string of the molecule is CCOc1cc2c(cc1NC(=O)CCCN(C)C)C(Nc1ccc(OCC3NCCCC3C)cc1C(F)(F)F)C(C#N)CN2. The van der Waals surface area contributed by atoms with Crippen LogP contribution >= 0.6 is 0 Å². The molecule has 4 atom stereocenters. The number of anilines is 3. The van der Waals surface area contributed by atoms with Gasteiger partial charge in [-0.3, -0.25) is 4.79 Å². The first-order valence-electron chi connectivity index (χ1n) is 15.2. The molecule has 2 heterocycles. The molecule has 44 heavy (non-hydrogen) atoms. The predicted octanol–water partition coefficient (Wildman–Crippen LogP) is 5.87. The lowest BCUT2D eigenvalue weighted by atomic mass is 9.88. The van der Waals surface area contributed by atoms with Gasteiger partial charge in [0.05, 0.1) is 35.9 Å². The van der Waals surface area contributed by atoms with Crippen molar-refractivity contribution in [3.05, 3.63) is 41.5 Å². The lowest BCUT2D eigenvalue weighted by Gasteiger charge is -2.34. The number of fused-ring (bicyclic) bond motifs is 1. The van der Waals surface area contributed by atoms with Crippen LogP contribution in [0.2, 0.25) is 0 Å². The zero-order chi connectivity index (χ0) is 31.9. The van der Waals surface area contributed by atoms with Crippen molar-refractivity contribution in [1.82, 2.24) is 10.2 Å². The zero-order valence-corrected chi connectivity index (χ0v) is 25.8. The van der Waals surface area contributed by atoms with Crippen molar-refractivity contribution < 1.29 is 27.4 Å². The van der Waals surface area contributed by atoms with Gasteiger partial charge in [0.15, 0.2) is 0 Å². The number of benzene rings is 2.